The Kier molecular flexibility index (Phi) is 3.58. The van der Waals surface area contributed by atoms with Crippen LogP contribution in [0.25, 0.3) is 0 Å². The van der Waals surface area contributed by atoms with Gasteiger partial charge in [-0.3, -0.25) is 0 Å². The molecule has 1 atom stereocenters. The zero-order valence-electron chi connectivity index (χ0n) is 11.9. The normalized spacial score (nSPS) is 27.6. The number of ether oxygens (including phenoxy) is 1. The molecule has 1 amide bonds. The zero-order valence-corrected chi connectivity index (χ0v) is 11.9. The van der Waals surface area contributed by atoms with Gasteiger partial charge in [-0.1, -0.05) is 0 Å². The standard InChI is InChI=1S/C14H26N2O2/c1-13(2,3)18-12(17)16-10-5-4-7-11(16)14(15)8-6-9-14/h11H,4-10,15H2,1-3H3. The lowest BCUT2D eigenvalue weighted by Crippen LogP contribution is -2.65. The predicted molar refractivity (Wildman–Crippen MR) is 71.3 cm³/mol. The van der Waals surface area contributed by atoms with Crippen molar-refractivity contribution in [2.45, 2.75) is 76.5 Å². The second kappa shape index (κ2) is 4.72. The van der Waals surface area contributed by atoms with E-state index in [0.29, 0.717) is 0 Å². The van der Waals surface area contributed by atoms with Crippen LogP contribution in [0, 0.1) is 0 Å². The SMILES string of the molecule is CC(C)(C)OC(=O)N1CCCCC1C1(N)CCC1. The van der Waals surface area contributed by atoms with Crippen LogP contribution in [0.15, 0.2) is 0 Å². The van der Waals surface area contributed by atoms with Crippen molar-refractivity contribution in [3.8, 4) is 0 Å². The van der Waals surface area contributed by atoms with E-state index in [0.717, 1.165) is 32.2 Å². The summed E-state index contributed by atoms with van der Waals surface area (Å²) in [4.78, 5) is 14.1. The van der Waals surface area contributed by atoms with Crippen LogP contribution in [-0.4, -0.2) is 34.7 Å². The Balaban J connectivity index is 2.06. The van der Waals surface area contributed by atoms with Gasteiger partial charge < -0.3 is 15.4 Å². The molecular formula is C14H26N2O2. The van der Waals surface area contributed by atoms with E-state index >= 15 is 0 Å². The van der Waals surface area contributed by atoms with Crippen molar-refractivity contribution in [1.29, 1.82) is 0 Å². The maximum Gasteiger partial charge on any atom is 0.410 e. The zero-order chi connectivity index (χ0) is 13.4. The lowest BCUT2D eigenvalue weighted by Gasteiger charge is -2.51. The van der Waals surface area contributed by atoms with E-state index < -0.39 is 5.60 Å². The first kappa shape index (κ1) is 13.7. The van der Waals surface area contributed by atoms with E-state index in [9.17, 15) is 4.79 Å². The molecule has 2 N–H and O–H groups in total. The summed E-state index contributed by atoms with van der Waals surface area (Å²) in [6.07, 6.45) is 6.33. The Morgan fingerprint density at radius 3 is 2.44 bits per heavy atom. The molecule has 1 saturated heterocycles. The van der Waals surface area contributed by atoms with Crippen molar-refractivity contribution in [3.05, 3.63) is 0 Å². The number of nitrogens with two attached hydrogens (primary N) is 1. The number of hydrogen-bond donors (Lipinski definition) is 1. The van der Waals surface area contributed by atoms with Gasteiger partial charge in [0.15, 0.2) is 0 Å². The molecule has 1 saturated carbocycles. The number of rotatable bonds is 1. The van der Waals surface area contributed by atoms with Crippen LogP contribution in [0.4, 0.5) is 4.79 Å². The van der Waals surface area contributed by atoms with Gasteiger partial charge in [0.25, 0.3) is 0 Å². The number of hydrogen-bond acceptors (Lipinski definition) is 3. The fourth-order valence-electron chi connectivity index (χ4n) is 2.99. The molecule has 4 heteroatoms. The number of carbonyl (C=O) groups excluding carboxylic acids is 1. The van der Waals surface area contributed by atoms with E-state index in [4.69, 9.17) is 10.5 Å². The van der Waals surface area contributed by atoms with Crippen LogP contribution < -0.4 is 5.73 Å². The Labute approximate surface area is 110 Å². The Hall–Kier alpha value is -0.770. The largest absolute Gasteiger partial charge is 0.444 e. The fraction of sp³-hybridized carbons (Fsp3) is 0.929. The van der Waals surface area contributed by atoms with Crippen molar-refractivity contribution in [2.24, 2.45) is 5.73 Å². The molecule has 2 rings (SSSR count). The summed E-state index contributed by atoms with van der Waals surface area (Å²) in [5.74, 6) is 0. The fourth-order valence-corrected chi connectivity index (χ4v) is 2.99. The summed E-state index contributed by atoms with van der Waals surface area (Å²) in [5.41, 5.74) is 5.83. The molecular weight excluding hydrogens is 228 g/mol. The summed E-state index contributed by atoms with van der Waals surface area (Å²) in [5, 5.41) is 0. The summed E-state index contributed by atoms with van der Waals surface area (Å²) in [6.45, 7) is 6.51. The van der Waals surface area contributed by atoms with Crippen LogP contribution in [0.1, 0.15) is 59.3 Å². The highest BCUT2D eigenvalue weighted by molar-refractivity contribution is 5.69. The monoisotopic (exact) mass is 254 g/mol. The minimum absolute atomic E-state index is 0.155. The molecule has 1 heterocycles. The molecule has 1 aliphatic heterocycles. The van der Waals surface area contributed by atoms with Crippen molar-refractivity contribution in [1.82, 2.24) is 4.90 Å². The van der Waals surface area contributed by atoms with Crippen LogP contribution in [0.2, 0.25) is 0 Å². The van der Waals surface area contributed by atoms with Gasteiger partial charge in [-0.05, 0) is 59.3 Å². The molecule has 0 bridgehead atoms. The summed E-state index contributed by atoms with van der Waals surface area (Å²) >= 11 is 0. The van der Waals surface area contributed by atoms with Gasteiger partial charge in [0.2, 0.25) is 0 Å². The van der Waals surface area contributed by atoms with Crippen molar-refractivity contribution in [2.75, 3.05) is 6.54 Å². The van der Waals surface area contributed by atoms with E-state index in [1.54, 1.807) is 0 Å². The lowest BCUT2D eigenvalue weighted by molar-refractivity contribution is -0.0128. The van der Waals surface area contributed by atoms with Crippen LogP contribution in [-0.2, 0) is 4.74 Å². The highest BCUT2D eigenvalue weighted by Crippen LogP contribution is 2.39. The van der Waals surface area contributed by atoms with Gasteiger partial charge in [-0.2, -0.15) is 0 Å². The number of nitrogens with zero attached hydrogens (tertiary/aromatic N) is 1. The number of amides is 1. The molecule has 0 aromatic rings. The van der Waals surface area contributed by atoms with Gasteiger partial charge in [0.1, 0.15) is 5.60 Å². The van der Waals surface area contributed by atoms with Crippen molar-refractivity contribution >= 4 is 6.09 Å². The minimum Gasteiger partial charge on any atom is -0.444 e. The maximum absolute atomic E-state index is 12.3. The average Bonchev–Trinajstić information content (AvgIpc) is 2.23. The van der Waals surface area contributed by atoms with Crippen molar-refractivity contribution in [3.63, 3.8) is 0 Å². The third-order valence-electron chi connectivity index (χ3n) is 4.08. The minimum atomic E-state index is -0.430. The van der Waals surface area contributed by atoms with Crippen LogP contribution in [0.5, 0.6) is 0 Å². The molecule has 0 radical (unpaired) electrons. The molecule has 104 valence electrons. The first-order chi connectivity index (χ1) is 8.32. The van der Waals surface area contributed by atoms with Crippen LogP contribution >= 0.6 is 0 Å². The smallest absolute Gasteiger partial charge is 0.410 e. The van der Waals surface area contributed by atoms with Gasteiger partial charge in [-0.15, -0.1) is 0 Å². The molecule has 2 fully saturated rings. The molecule has 0 spiro atoms. The van der Waals surface area contributed by atoms with E-state index in [1.165, 1.54) is 12.8 Å². The lowest BCUT2D eigenvalue weighted by atomic mass is 9.69. The Morgan fingerprint density at radius 1 is 1.28 bits per heavy atom. The van der Waals surface area contributed by atoms with Gasteiger partial charge in [0.05, 0.1) is 6.04 Å². The molecule has 1 unspecified atom stereocenters. The van der Waals surface area contributed by atoms with Gasteiger partial charge >= 0.3 is 6.09 Å². The topological polar surface area (TPSA) is 55.6 Å². The molecule has 0 aromatic carbocycles. The molecule has 0 aromatic heterocycles. The number of likely N-dealkylation sites (tertiary alicyclic amines) is 1. The molecule has 1 aliphatic carbocycles. The highest BCUT2D eigenvalue weighted by atomic mass is 16.6. The predicted octanol–water partition coefficient (Wildman–Crippen LogP) is 2.66. The number of piperidine rings is 1. The maximum atomic E-state index is 12.3. The Morgan fingerprint density at radius 2 is 1.94 bits per heavy atom. The van der Waals surface area contributed by atoms with Crippen LogP contribution in [0.3, 0.4) is 0 Å². The van der Waals surface area contributed by atoms with E-state index in [-0.39, 0.29) is 17.7 Å². The Bertz CT molecular complexity index is 318. The first-order valence-electron chi connectivity index (χ1n) is 7.10. The third kappa shape index (κ3) is 2.79. The van der Waals surface area contributed by atoms with Gasteiger partial charge in [-0.25, -0.2) is 4.79 Å². The summed E-state index contributed by atoms with van der Waals surface area (Å²) < 4.78 is 5.50. The quantitative estimate of drug-likeness (QED) is 0.782. The second-order valence-electron chi connectivity index (χ2n) is 6.77. The number of carbonyl (C=O) groups is 1. The highest BCUT2D eigenvalue weighted by Gasteiger charge is 2.46. The average molecular weight is 254 g/mol. The third-order valence-corrected chi connectivity index (χ3v) is 4.08. The second-order valence-corrected chi connectivity index (χ2v) is 6.77. The van der Waals surface area contributed by atoms with Gasteiger partial charge in [0, 0.05) is 12.1 Å². The molecule has 2 aliphatic rings. The molecule has 18 heavy (non-hydrogen) atoms. The molecule has 4 nitrogen and oxygen atoms in total. The van der Waals surface area contributed by atoms with E-state index in [1.807, 2.05) is 25.7 Å². The first-order valence-corrected chi connectivity index (χ1v) is 7.10. The summed E-state index contributed by atoms with van der Waals surface area (Å²) in [6, 6.07) is 0.176. The van der Waals surface area contributed by atoms with E-state index in [2.05, 4.69) is 0 Å². The van der Waals surface area contributed by atoms with Crippen molar-refractivity contribution < 1.29 is 9.53 Å². The summed E-state index contributed by atoms with van der Waals surface area (Å²) in [7, 11) is 0.